The molecule has 0 fully saturated rings. The number of alkyl carbamates (subject to hydrolysis) is 1. The van der Waals surface area contributed by atoms with E-state index in [-0.39, 0.29) is 18.0 Å². The Bertz CT molecular complexity index is 1570. The number of nitrogens with zero attached hydrogens (tertiary/aromatic N) is 4. The predicted molar refractivity (Wildman–Crippen MR) is 158 cm³/mol. The third-order valence-corrected chi connectivity index (χ3v) is 6.53. The van der Waals surface area contributed by atoms with Gasteiger partial charge in [-0.05, 0) is 93.8 Å². The molecule has 0 aliphatic rings. The van der Waals surface area contributed by atoms with Gasteiger partial charge in [0.15, 0.2) is 0 Å². The number of benzene rings is 2. The molecule has 4 rings (SSSR count). The Morgan fingerprint density at radius 1 is 0.976 bits per heavy atom. The summed E-state index contributed by atoms with van der Waals surface area (Å²) in [7, 11) is 0. The van der Waals surface area contributed by atoms with Gasteiger partial charge in [0.1, 0.15) is 24.3 Å². The molecular formula is C30H33ClN6O4. The molecule has 0 radical (unpaired) electrons. The number of nitrogens with one attached hydrogen (secondary N) is 2. The molecule has 0 aliphatic heterocycles. The number of aromatic nitrogens is 4. The fraction of sp³-hybridized carbons (Fsp3) is 0.300. The van der Waals surface area contributed by atoms with Crippen molar-refractivity contribution in [2.24, 2.45) is 0 Å². The average molecular weight is 577 g/mol. The maximum Gasteiger partial charge on any atom is 0.408 e. The van der Waals surface area contributed by atoms with Gasteiger partial charge in [-0.15, -0.1) is 10.2 Å². The Labute approximate surface area is 243 Å². The zero-order valence-corrected chi connectivity index (χ0v) is 24.3. The number of pyridine rings is 1. The van der Waals surface area contributed by atoms with Crippen molar-refractivity contribution in [1.29, 1.82) is 0 Å². The molecule has 41 heavy (non-hydrogen) atoms. The summed E-state index contributed by atoms with van der Waals surface area (Å²) in [5.74, 6) is -0.442. The zero-order valence-electron chi connectivity index (χ0n) is 23.6. The highest BCUT2D eigenvalue weighted by atomic mass is 35.5. The van der Waals surface area contributed by atoms with Crippen LogP contribution in [0.5, 0.6) is 0 Å². The molecule has 2 aromatic carbocycles. The van der Waals surface area contributed by atoms with E-state index in [1.807, 2.05) is 38.1 Å². The fourth-order valence-corrected chi connectivity index (χ4v) is 4.34. The Morgan fingerprint density at radius 2 is 1.63 bits per heavy atom. The summed E-state index contributed by atoms with van der Waals surface area (Å²) >= 11 is 6.57. The van der Waals surface area contributed by atoms with Crippen molar-refractivity contribution in [3.63, 3.8) is 0 Å². The standard InChI is InChI=1S/C30H33ClN6O4/c1-19(2)37-16-21(7-13-27(37)38)20-6-12-25(31)22(14-20)15-26(35-29(40)41-30(3,4)5)28(39)34-23-8-10-24(11-9-23)36-17-32-33-18-36/h6-14,16-19,26H,15H2,1-5H3,(H,34,39)(H,35,40). The number of hydrogen-bond acceptors (Lipinski definition) is 6. The van der Waals surface area contributed by atoms with Crippen molar-refractivity contribution < 1.29 is 14.3 Å². The van der Waals surface area contributed by atoms with Gasteiger partial charge in [-0.2, -0.15) is 0 Å². The first kappa shape index (κ1) is 29.5. The molecule has 0 saturated heterocycles. The van der Waals surface area contributed by atoms with Crippen LogP contribution in [0.15, 0.2) is 78.2 Å². The minimum absolute atomic E-state index is 0.00833. The predicted octanol–water partition coefficient (Wildman–Crippen LogP) is 5.40. The second-order valence-corrected chi connectivity index (χ2v) is 11.3. The van der Waals surface area contributed by atoms with Gasteiger partial charge in [-0.3, -0.25) is 14.2 Å². The molecule has 2 heterocycles. The van der Waals surface area contributed by atoms with Gasteiger partial charge >= 0.3 is 6.09 Å². The van der Waals surface area contributed by atoms with E-state index < -0.39 is 23.6 Å². The van der Waals surface area contributed by atoms with Gasteiger partial charge in [0.05, 0.1) is 0 Å². The molecule has 2 amide bonds. The van der Waals surface area contributed by atoms with Crippen LogP contribution in [0.2, 0.25) is 5.02 Å². The lowest BCUT2D eigenvalue weighted by Gasteiger charge is -2.24. The van der Waals surface area contributed by atoms with Crippen LogP contribution in [-0.4, -0.2) is 43.0 Å². The minimum atomic E-state index is -1.00. The topological polar surface area (TPSA) is 120 Å². The molecule has 0 spiro atoms. The van der Waals surface area contributed by atoms with Crippen molar-refractivity contribution >= 4 is 29.3 Å². The van der Waals surface area contributed by atoms with Crippen molar-refractivity contribution in [3.8, 4) is 16.8 Å². The molecule has 4 aromatic rings. The summed E-state index contributed by atoms with van der Waals surface area (Å²) in [5, 5.41) is 13.6. The van der Waals surface area contributed by atoms with E-state index in [2.05, 4.69) is 20.8 Å². The molecule has 11 heteroatoms. The number of rotatable bonds is 8. The van der Waals surface area contributed by atoms with Crippen LogP contribution < -0.4 is 16.2 Å². The van der Waals surface area contributed by atoms with E-state index in [0.29, 0.717) is 16.3 Å². The SMILES string of the molecule is CC(C)n1cc(-c2ccc(Cl)c(CC(NC(=O)OC(C)(C)C)C(=O)Nc3ccc(-n4cnnc4)cc3)c2)ccc1=O. The Hall–Kier alpha value is -4.44. The van der Waals surface area contributed by atoms with Gasteiger partial charge in [0, 0.05) is 41.1 Å². The lowest BCUT2D eigenvalue weighted by Crippen LogP contribution is -2.47. The number of ether oxygens (including phenoxy) is 1. The van der Waals surface area contributed by atoms with Crippen molar-refractivity contribution in [2.75, 3.05) is 5.32 Å². The first-order chi connectivity index (χ1) is 19.4. The van der Waals surface area contributed by atoms with E-state index in [0.717, 1.165) is 16.8 Å². The molecule has 1 unspecified atom stereocenters. The number of carbonyl (C=O) groups is 2. The van der Waals surface area contributed by atoms with E-state index in [1.165, 1.54) is 6.07 Å². The molecule has 2 aromatic heterocycles. The number of hydrogen-bond donors (Lipinski definition) is 2. The normalized spacial score (nSPS) is 12.2. The summed E-state index contributed by atoms with van der Waals surface area (Å²) < 4.78 is 8.81. The molecule has 2 N–H and O–H groups in total. The molecule has 1 atom stereocenters. The molecular weight excluding hydrogens is 544 g/mol. The summed E-state index contributed by atoms with van der Waals surface area (Å²) in [4.78, 5) is 38.4. The van der Waals surface area contributed by atoms with E-state index in [9.17, 15) is 14.4 Å². The average Bonchev–Trinajstić information content (AvgIpc) is 3.44. The number of halogens is 1. The van der Waals surface area contributed by atoms with E-state index >= 15 is 0 Å². The highest BCUT2D eigenvalue weighted by Gasteiger charge is 2.26. The Morgan fingerprint density at radius 3 is 2.27 bits per heavy atom. The summed E-state index contributed by atoms with van der Waals surface area (Å²) in [6.45, 7) is 9.11. The molecule has 0 bridgehead atoms. The van der Waals surface area contributed by atoms with Crippen molar-refractivity contribution in [3.05, 3.63) is 94.4 Å². The van der Waals surface area contributed by atoms with Crippen LogP contribution >= 0.6 is 11.6 Å². The monoisotopic (exact) mass is 576 g/mol. The summed E-state index contributed by atoms with van der Waals surface area (Å²) in [5.41, 5.74) is 2.81. The highest BCUT2D eigenvalue weighted by molar-refractivity contribution is 6.31. The van der Waals surface area contributed by atoms with Crippen molar-refractivity contribution in [2.45, 2.75) is 58.7 Å². The zero-order chi connectivity index (χ0) is 29.7. The summed E-state index contributed by atoms with van der Waals surface area (Å²) in [6.07, 6.45) is 4.32. The fourth-order valence-electron chi connectivity index (χ4n) is 4.15. The third kappa shape index (κ3) is 7.82. The second kappa shape index (κ2) is 12.4. The van der Waals surface area contributed by atoms with Gasteiger partial charge in [0.25, 0.3) is 5.56 Å². The summed E-state index contributed by atoms with van der Waals surface area (Å²) in [6, 6.07) is 14.8. The van der Waals surface area contributed by atoms with Gasteiger partial charge in [-0.1, -0.05) is 17.7 Å². The molecule has 0 aliphatic carbocycles. The van der Waals surface area contributed by atoms with Gasteiger partial charge < -0.3 is 19.9 Å². The second-order valence-electron chi connectivity index (χ2n) is 10.9. The first-order valence-electron chi connectivity index (χ1n) is 13.2. The smallest absolute Gasteiger partial charge is 0.408 e. The third-order valence-electron chi connectivity index (χ3n) is 6.16. The van der Waals surface area contributed by atoms with Crippen LogP contribution in [0.4, 0.5) is 10.5 Å². The lowest BCUT2D eigenvalue weighted by molar-refractivity contribution is -0.118. The van der Waals surface area contributed by atoms with Crippen LogP contribution in [0, 0.1) is 0 Å². The number of anilines is 1. The van der Waals surface area contributed by atoms with E-state index in [1.54, 1.807) is 73.0 Å². The van der Waals surface area contributed by atoms with Gasteiger partial charge in [-0.25, -0.2) is 4.79 Å². The molecule has 10 nitrogen and oxygen atoms in total. The van der Waals surface area contributed by atoms with Crippen molar-refractivity contribution in [1.82, 2.24) is 24.6 Å². The van der Waals surface area contributed by atoms with E-state index in [4.69, 9.17) is 16.3 Å². The maximum atomic E-state index is 13.5. The minimum Gasteiger partial charge on any atom is -0.444 e. The largest absolute Gasteiger partial charge is 0.444 e. The first-order valence-corrected chi connectivity index (χ1v) is 13.5. The van der Waals surface area contributed by atoms with Crippen LogP contribution in [0.25, 0.3) is 16.8 Å². The molecule has 0 saturated carbocycles. The lowest BCUT2D eigenvalue weighted by atomic mass is 9.99. The Kier molecular flexibility index (Phi) is 8.92. The number of carbonyl (C=O) groups excluding carboxylic acids is 2. The van der Waals surface area contributed by atoms with Crippen LogP contribution in [0.3, 0.4) is 0 Å². The van der Waals surface area contributed by atoms with Gasteiger partial charge in [0.2, 0.25) is 5.91 Å². The van der Waals surface area contributed by atoms with Crippen LogP contribution in [-0.2, 0) is 16.0 Å². The van der Waals surface area contributed by atoms with Crippen LogP contribution in [0.1, 0.15) is 46.2 Å². The maximum absolute atomic E-state index is 13.5. The number of amides is 2. The Balaban J connectivity index is 1.60. The quantitative estimate of drug-likeness (QED) is 0.289. The highest BCUT2D eigenvalue weighted by Crippen LogP contribution is 2.27. The molecule has 214 valence electrons.